The van der Waals surface area contributed by atoms with Crippen LogP contribution in [0, 0.1) is 0 Å². The van der Waals surface area contributed by atoms with Crippen LogP contribution in [0.3, 0.4) is 0 Å². The Morgan fingerprint density at radius 2 is 1.43 bits per heavy atom. The van der Waals surface area contributed by atoms with E-state index in [1.54, 1.807) is 55.5 Å². The Morgan fingerprint density at radius 3 is 1.93 bits per heavy atom. The molecule has 2 rings (SSSR count). The van der Waals surface area contributed by atoms with E-state index in [0.717, 1.165) is 12.0 Å². The number of sulfonamides is 1. The van der Waals surface area contributed by atoms with Crippen molar-refractivity contribution in [1.82, 2.24) is 0 Å². The second-order valence-corrected chi connectivity index (χ2v) is 8.68. The molecule has 2 aromatic rings. The van der Waals surface area contributed by atoms with Crippen LogP contribution in [0.25, 0.3) is 0 Å². The topological polar surface area (TPSA) is 84.9 Å². The fourth-order valence-corrected chi connectivity index (χ4v) is 2.82. The van der Waals surface area contributed by atoms with Gasteiger partial charge in [0.2, 0.25) is 10.0 Å². The maximum atomic E-state index is 12.3. The summed E-state index contributed by atoms with van der Waals surface area (Å²) in [5, 5.41) is 2.78. The summed E-state index contributed by atoms with van der Waals surface area (Å²) in [5.41, 5.74) is 1.15. The molecule has 7 nitrogen and oxygen atoms in total. The molecule has 0 saturated carbocycles. The van der Waals surface area contributed by atoms with Gasteiger partial charge in [-0.3, -0.25) is 9.10 Å². The molecule has 0 bridgehead atoms. The molecule has 0 aliphatic rings. The van der Waals surface area contributed by atoms with Gasteiger partial charge in [0, 0.05) is 12.7 Å². The third-order valence-electron chi connectivity index (χ3n) is 3.87. The van der Waals surface area contributed by atoms with E-state index in [9.17, 15) is 13.2 Å². The highest BCUT2D eigenvalue weighted by Gasteiger charge is 2.16. The van der Waals surface area contributed by atoms with Gasteiger partial charge in [0.15, 0.2) is 6.10 Å². The lowest BCUT2D eigenvalue weighted by atomic mass is 10.2. The minimum Gasteiger partial charge on any atom is -0.491 e. The number of hydrogen-bond donors (Lipinski definition) is 1. The molecular formula is C20H26N2O5S. The first kappa shape index (κ1) is 21.6. The van der Waals surface area contributed by atoms with Gasteiger partial charge in [-0.25, -0.2) is 8.42 Å². The minimum atomic E-state index is -3.33. The Morgan fingerprint density at radius 1 is 0.929 bits per heavy atom. The van der Waals surface area contributed by atoms with Crippen molar-refractivity contribution in [2.45, 2.75) is 33.0 Å². The van der Waals surface area contributed by atoms with Gasteiger partial charge in [0.1, 0.15) is 11.5 Å². The molecule has 2 aromatic carbocycles. The van der Waals surface area contributed by atoms with Crippen LogP contribution in [0.1, 0.15) is 20.8 Å². The summed E-state index contributed by atoms with van der Waals surface area (Å²) in [7, 11) is -1.86. The lowest BCUT2D eigenvalue weighted by Gasteiger charge is -2.18. The van der Waals surface area contributed by atoms with Crippen molar-refractivity contribution in [1.29, 1.82) is 0 Å². The van der Waals surface area contributed by atoms with Crippen LogP contribution in [0.5, 0.6) is 11.5 Å². The molecule has 0 aromatic heterocycles. The zero-order valence-corrected chi connectivity index (χ0v) is 17.5. The van der Waals surface area contributed by atoms with Crippen molar-refractivity contribution >= 4 is 27.3 Å². The molecule has 1 amide bonds. The molecular weight excluding hydrogens is 380 g/mol. The van der Waals surface area contributed by atoms with Crippen molar-refractivity contribution < 1.29 is 22.7 Å². The van der Waals surface area contributed by atoms with Gasteiger partial charge in [-0.1, -0.05) is 0 Å². The molecule has 0 aliphatic heterocycles. The number of carbonyl (C=O) groups is 1. The third kappa shape index (κ3) is 6.16. The summed E-state index contributed by atoms with van der Waals surface area (Å²) >= 11 is 0. The molecule has 0 spiro atoms. The number of nitrogens with zero attached hydrogens (tertiary/aromatic N) is 1. The smallest absolute Gasteiger partial charge is 0.265 e. The first-order valence-corrected chi connectivity index (χ1v) is 10.7. The van der Waals surface area contributed by atoms with E-state index in [1.807, 2.05) is 13.8 Å². The van der Waals surface area contributed by atoms with Crippen LogP contribution in [-0.2, 0) is 14.8 Å². The molecule has 1 N–H and O–H groups in total. The summed E-state index contributed by atoms with van der Waals surface area (Å²) in [6.07, 6.45) is 0.480. The lowest BCUT2D eigenvalue weighted by molar-refractivity contribution is -0.122. The fourth-order valence-electron chi connectivity index (χ4n) is 2.32. The highest BCUT2D eigenvalue weighted by atomic mass is 32.2. The Hall–Kier alpha value is -2.74. The first-order chi connectivity index (χ1) is 13.1. The number of benzene rings is 2. The van der Waals surface area contributed by atoms with Crippen molar-refractivity contribution in [3.05, 3.63) is 48.5 Å². The van der Waals surface area contributed by atoms with Crippen LogP contribution in [-0.4, -0.2) is 39.8 Å². The number of rotatable bonds is 8. The van der Waals surface area contributed by atoms with Gasteiger partial charge in [-0.15, -0.1) is 0 Å². The summed E-state index contributed by atoms with van der Waals surface area (Å²) in [6, 6.07) is 13.6. The maximum Gasteiger partial charge on any atom is 0.265 e. The zero-order valence-electron chi connectivity index (χ0n) is 16.7. The number of ether oxygens (including phenoxy) is 2. The van der Waals surface area contributed by atoms with Crippen LogP contribution in [0.4, 0.5) is 11.4 Å². The van der Waals surface area contributed by atoms with E-state index in [0.29, 0.717) is 17.1 Å². The summed E-state index contributed by atoms with van der Waals surface area (Å²) in [6.45, 7) is 5.53. The lowest BCUT2D eigenvalue weighted by Crippen LogP contribution is -2.30. The summed E-state index contributed by atoms with van der Waals surface area (Å²) in [5.74, 6) is 0.903. The van der Waals surface area contributed by atoms with E-state index in [2.05, 4.69) is 5.32 Å². The fraction of sp³-hybridized carbons (Fsp3) is 0.350. The van der Waals surface area contributed by atoms with E-state index in [-0.39, 0.29) is 12.0 Å². The van der Waals surface area contributed by atoms with E-state index in [4.69, 9.17) is 9.47 Å². The van der Waals surface area contributed by atoms with Crippen LogP contribution < -0.4 is 19.1 Å². The van der Waals surface area contributed by atoms with Gasteiger partial charge < -0.3 is 14.8 Å². The summed E-state index contributed by atoms with van der Waals surface area (Å²) in [4.78, 5) is 12.3. The molecule has 0 heterocycles. The average Bonchev–Trinajstić information content (AvgIpc) is 2.62. The Balaban J connectivity index is 1.95. The molecule has 1 atom stereocenters. The predicted octanol–water partition coefficient (Wildman–Crippen LogP) is 3.28. The highest BCUT2D eigenvalue weighted by molar-refractivity contribution is 7.92. The molecule has 8 heteroatoms. The quantitative estimate of drug-likeness (QED) is 0.727. The largest absolute Gasteiger partial charge is 0.491 e. The van der Waals surface area contributed by atoms with Gasteiger partial charge in [-0.2, -0.15) is 0 Å². The second-order valence-electron chi connectivity index (χ2n) is 6.66. The molecule has 28 heavy (non-hydrogen) atoms. The van der Waals surface area contributed by atoms with Gasteiger partial charge in [-0.05, 0) is 69.3 Å². The number of carbonyl (C=O) groups excluding carboxylic acids is 1. The summed E-state index contributed by atoms with van der Waals surface area (Å²) < 4.78 is 35.5. The first-order valence-electron chi connectivity index (χ1n) is 8.84. The molecule has 152 valence electrons. The monoisotopic (exact) mass is 406 g/mol. The average molecular weight is 407 g/mol. The Bertz CT molecular complexity index is 893. The van der Waals surface area contributed by atoms with Crippen LogP contribution in [0.2, 0.25) is 0 Å². The molecule has 0 fully saturated rings. The minimum absolute atomic E-state index is 0.0810. The van der Waals surface area contributed by atoms with E-state index < -0.39 is 16.1 Å². The van der Waals surface area contributed by atoms with Crippen LogP contribution >= 0.6 is 0 Å². The van der Waals surface area contributed by atoms with Crippen molar-refractivity contribution in [2.75, 3.05) is 22.9 Å². The number of amides is 1. The standard InChI is InChI=1S/C20H26N2O5S/c1-14(2)26-18-10-6-16(7-11-18)21-20(23)15(3)27-19-12-8-17(9-13-19)22(4)28(5,24)25/h6-15H,1-5H3,(H,21,23)/t15-/m0/s1. The van der Waals surface area contributed by atoms with Gasteiger partial charge in [0.25, 0.3) is 5.91 Å². The molecule has 0 aliphatic carbocycles. The molecule has 0 saturated heterocycles. The normalized spacial score (nSPS) is 12.4. The van der Waals surface area contributed by atoms with E-state index >= 15 is 0 Å². The Labute approximate surface area is 166 Å². The van der Waals surface area contributed by atoms with Crippen molar-refractivity contribution in [2.24, 2.45) is 0 Å². The highest BCUT2D eigenvalue weighted by Crippen LogP contribution is 2.22. The van der Waals surface area contributed by atoms with Gasteiger partial charge >= 0.3 is 0 Å². The zero-order chi connectivity index (χ0) is 20.9. The van der Waals surface area contributed by atoms with Crippen LogP contribution in [0.15, 0.2) is 48.5 Å². The van der Waals surface area contributed by atoms with Crippen molar-refractivity contribution in [3.63, 3.8) is 0 Å². The van der Waals surface area contributed by atoms with Crippen molar-refractivity contribution in [3.8, 4) is 11.5 Å². The maximum absolute atomic E-state index is 12.3. The third-order valence-corrected chi connectivity index (χ3v) is 5.08. The number of nitrogens with one attached hydrogen (secondary N) is 1. The molecule has 0 unspecified atom stereocenters. The SMILES string of the molecule is CC(C)Oc1ccc(NC(=O)[C@H](C)Oc2ccc(N(C)S(C)(=O)=O)cc2)cc1. The number of hydrogen-bond acceptors (Lipinski definition) is 5. The Kier molecular flexibility index (Phi) is 6.90. The predicted molar refractivity (Wildman–Crippen MR) is 111 cm³/mol. The van der Waals surface area contributed by atoms with Gasteiger partial charge in [0.05, 0.1) is 18.0 Å². The second kappa shape index (κ2) is 8.97. The number of anilines is 2. The molecule has 0 radical (unpaired) electrons. The van der Waals surface area contributed by atoms with E-state index in [1.165, 1.54) is 11.4 Å².